The van der Waals surface area contributed by atoms with Crippen molar-refractivity contribution in [2.24, 2.45) is 0 Å². The first-order valence-electron chi connectivity index (χ1n) is 10.2. The van der Waals surface area contributed by atoms with Gasteiger partial charge in [0.05, 0.1) is 23.6 Å². The number of aromatic nitrogens is 3. The molecule has 32 heavy (non-hydrogen) atoms. The molecule has 0 aliphatic heterocycles. The zero-order valence-corrected chi connectivity index (χ0v) is 18.3. The summed E-state index contributed by atoms with van der Waals surface area (Å²) in [6, 6.07) is 8.32. The van der Waals surface area contributed by atoms with Gasteiger partial charge >= 0.3 is 6.18 Å². The van der Waals surface area contributed by atoms with E-state index in [9.17, 15) is 22.8 Å². The van der Waals surface area contributed by atoms with Crippen LogP contribution in [0.4, 0.5) is 24.0 Å². The van der Waals surface area contributed by atoms with Gasteiger partial charge < -0.3 is 0 Å². The van der Waals surface area contributed by atoms with Gasteiger partial charge in [0.15, 0.2) is 5.13 Å². The molecule has 1 amide bonds. The minimum Gasteiger partial charge on any atom is -0.274 e. The van der Waals surface area contributed by atoms with E-state index in [1.807, 2.05) is 31.2 Å². The van der Waals surface area contributed by atoms with Crippen molar-refractivity contribution in [1.29, 1.82) is 0 Å². The molecule has 0 spiro atoms. The number of carbonyl (C=O) groups is 1. The van der Waals surface area contributed by atoms with Gasteiger partial charge in [-0.3, -0.25) is 14.5 Å². The Labute approximate surface area is 186 Å². The maximum Gasteiger partial charge on any atom is 0.421 e. The summed E-state index contributed by atoms with van der Waals surface area (Å²) in [5.41, 5.74) is -0.114. The molecule has 10 heteroatoms. The van der Waals surface area contributed by atoms with Gasteiger partial charge in [-0.2, -0.15) is 18.3 Å². The van der Waals surface area contributed by atoms with Crippen LogP contribution in [-0.2, 0) is 23.9 Å². The number of rotatable bonds is 6. The minimum absolute atomic E-state index is 0.0484. The number of alkyl halides is 3. The van der Waals surface area contributed by atoms with E-state index in [0.717, 1.165) is 29.2 Å². The van der Waals surface area contributed by atoms with Crippen LogP contribution < -0.4 is 10.5 Å². The van der Waals surface area contributed by atoms with Gasteiger partial charge in [0.1, 0.15) is 5.56 Å². The summed E-state index contributed by atoms with van der Waals surface area (Å²) in [6.07, 6.45) is -2.53. The van der Waals surface area contributed by atoms with Crippen molar-refractivity contribution in [2.75, 3.05) is 4.90 Å². The molecule has 0 bridgehead atoms. The third-order valence-corrected chi connectivity index (χ3v) is 6.14. The zero-order valence-electron chi connectivity index (χ0n) is 17.5. The third-order valence-electron chi connectivity index (χ3n) is 5.27. The zero-order chi connectivity index (χ0) is 23.0. The molecular weight excluding hydrogens is 441 g/mol. The monoisotopic (exact) mass is 462 g/mol. The normalized spacial score (nSPS) is 13.9. The molecule has 6 nitrogen and oxygen atoms in total. The molecule has 3 aromatic rings. The number of amides is 1. The molecule has 1 fully saturated rings. The molecule has 0 N–H and O–H groups in total. The second-order valence-electron chi connectivity index (χ2n) is 7.68. The number of benzene rings is 1. The van der Waals surface area contributed by atoms with E-state index < -0.39 is 17.3 Å². The van der Waals surface area contributed by atoms with E-state index in [1.165, 1.54) is 23.2 Å². The van der Waals surface area contributed by atoms with Crippen LogP contribution in [0.25, 0.3) is 0 Å². The van der Waals surface area contributed by atoms with Gasteiger partial charge in [0.2, 0.25) is 5.91 Å². The number of thiazole rings is 1. The quantitative estimate of drug-likeness (QED) is 0.523. The van der Waals surface area contributed by atoms with E-state index in [1.54, 1.807) is 5.38 Å². The smallest absolute Gasteiger partial charge is 0.274 e. The van der Waals surface area contributed by atoms with Crippen molar-refractivity contribution in [2.45, 2.75) is 51.7 Å². The molecule has 2 aromatic heterocycles. The van der Waals surface area contributed by atoms with Crippen molar-refractivity contribution < 1.29 is 18.0 Å². The molecule has 2 heterocycles. The van der Waals surface area contributed by atoms with Gasteiger partial charge in [-0.15, -0.1) is 11.3 Å². The molecule has 168 valence electrons. The molecular formula is C22H21F3N4O2S. The predicted octanol–water partition coefficient (Wildman–Crippen LogP) is 4.89. The van der Waals surface area contributed by atoms with Crippen molar-refractivity contribution >= 4 is 28.1 Å². The summed E-state index contributed by atoms with van der Waals surface area (Å²) in [5, 5.41) is 6.18. The highest BCUT2D eigenvalue weighted by atomic mass is 32.1. The maximum absolute atomic E-state index is 13.4. The third kappa shape index (κ3) is 4.45. The highest BCUT2D eigenvalue weighted by Crippen LogP contribution is 2.40. The van der Waals surface area contributed by atoms with Gasteiger partial charge in [0.25, 0.3) is 5.56 Å². The molecule has 1 aromatic carbocycles. The van der Waals surface area contributed by atoms with Crippen LogP contribution in [-0.4, -0.2) is 20.7 Å². The maximum atomic E-state index is 13.4. The number of carbonyl (C=O) groups excluding carboxylic acids is 1. The van der Waals surface area contributed by atoms with Crippen LogP contribution in [0.3, 0.4) is 0 Å². The molecule has 0 atom stereocenters. The number of nitrogens with zero attached hydrogens (tertiary/aromatic N) is 4. The Bertz CT molecular complexity index is 1210. The lowest BCUT2D eigenvalue weighted by Gasteiger charge is -2.21. The fourth-order valence-corrected chi connectivity index (χ4v) is 4.38. The van der Waals surface area contributed by atoms with Crippen LogP contribution in [0.1, 0.15) is 55.1 Å². The lowest BCUT2D eigenvalue weighted by atomic mass is 10.1. The Balaban J connectivity index is 1.69. The topological polar surface area (TPSA) is 68.1 Å². The van der Waals surface area contributed by atoms with Crippen LogP contribution in [0, 0.1) is 0 Å². The second-order valence-corrected chi connectivity index (χ2v) is 8.51. The summed E-state index contributed by atoms with van der Waals surface area (Å²) in [5.74, 6) is -0.287. The molecule has 0 unspecified atom stereocenters. The fourth-order valence-electron chi connectivity index (χ4n) is 3.51. The Hall–Kier alpha value is -3.01. The lowest BCUT2D eigenvalue weighted by molar-refractivity contribution is -0.139. The molecule has 1 saturated carbocycles. The van der Waals surface area contributed by atoms with E-state index in [-0.39, 0.29) is 24.1 Å². The summed E-state index contributed by atoms with van der Waals surface area (Å²) in [7, 11) is 0. The van der Waals surface area contributed by atoms with Gasteiger partial charge in [-0.25, -0.2) is 9.67 Å². The summed E-state index contributed by atoms with van der Waals surface area (Å²) >= 11 is 1.19. The van der Waals surface area contributed by atoms with Crippen molar-refractivity contribution in [3.05, 3.63) is 68.6 Å². The van der Waals surface area contributed by atoms with E-state index in [0.29, 0.717) is 22.9 Å². The first-order valence-corrected chi connectivity index (χ1v) is 11.1. The molecule has 1 aliphatic carbocycles. The van der Waals surface area contributed by atoms with Gasteiger partial charge in [-0.05, 0) is 37.0 Å². The van der Waals surface area contributed by atoms with Crippen LogP contribution in [0.5, 0.6) is 0 Å². The number of anilines is 2. The molecule has 4 rings (SSSR count). The van der Waals surface area contributed by atoms with E-state index in [2.05, 4.69) is 10.1 Å². The predicted molar refractivity (Wildman–Crippen MR) is 115 cm³/mol. The highest BCUT2D eigenvalue weighted by molar-refractivity contribution is 7.14. The first-order chi connectivity index (χ1) is 15.2. The number of hydrogen-bond donors (Lipinski definition) is 0. The minimum atomic E-state index is -4.76. The lowest BCUT2D eigenvalue weighted by Crippen LogP contribution is -2.32. The first kappa shape index (κ1) is 22.2. The molecule has 0 saturated heterocycles. The highest BCUT2D eigenvalue weighted by Gasteiger charge is 2.37. The van der Waals surface area contributed by atoms with Crippen molar-refractivity contribution in [3.8, 4) is 0 Å². The summed E-state index contributed by atoms with van der Waals surface area (Å²) in [4.78, 5) is 30.8. The summed E-state index contributed by atoms with van der Waals surface area (Å²) in [6.45, 7) is 3.20. The Morgan fingerprint density at radius 3 is 2.62 bits per heavy atom. The Morgan fingerprint density at radius 1 is 1.28 bits per heavy atom. The standard InChI is InChI=1S/C22H21F3N4O2S/c1-3-14-6-4-5-7-19(14)29(13(2)30)21-26-16(12-32-21)11-28-20(31)17(22(23,24)25)10-18(27-28)15-8-9-15/h4-7,10,12,15H,3,8-9,11H2,1-2H3. The largest absolute Gasteiger partial charge is 0.421 e. The number of halogens is 3. The van der Waals surface area contributed by atoms with E-state index in [4.69, 9.17) is 0 Å². The van der Waals surface area contributed by atoms with Crippen LogP contribution in [0.2, 0.25) is 0 Å². The van der Waals surface area contributed by atoms with Crippen LogP contribution in [0.15, 0.2) is 40.5 Å². The fraction of sp³-hybridized carbons (Fsp3) is 0.364. The average molecular weight is 462 g/mol. The second kappa shape index (κ2) is 8.50. The van der Waals surface area contributed by atoms with Gasteiger partial charge in [-0.1, -0.05) is 25.1 Å². The Kier molecular flexibility index (Phi) is 5.89. The Morgan fingerprint density at radius 2 is 2.00 bits per heavy atom. The SMILES string of the molecule is CCc1ccccc1N(C(C)=O)c1nc(Cn2nc(C3CC3)cc(C(F)(F)F)c2=O)cs1. The van der Waals surface area contributed by atoms with Crippen LogP contribution >= 0.6 is 11.3 Å². The number of aryl methyl sites for hydroxylation is 1. The van der Waals surface area contributed by atoms with E-state index >= 15 is 0 Å². The summed E-state index contributed by atoms with van der Waals surface area (Å²) < 4.78 is 41.0. The molecule has 1 aliphatic rings. The number of para-hydroxylation sites is 1. The van der Waals surface area contributed by atoms with Crippen molar-refractivity contribution in [1.82, 2.24) is 14.8 Å². The average Bonchev–Trinajstić information content (AvgIpc) is 3.49. The van der Waals surface area contributed by atoms with Gasteiger partial charge in [0, 0.05) is 18.2 Å². The van der Waals surface area contributed by atoms with Crippen molar-refractivity contribution in [3.63, 3.8) is 0 Å². The molecule has 0 radical (unpaired) electrons. The number of hydrogen-bond acceptors (Lipinski definition) is 5.